The van der Waals surface area contributed by atoms with Crippen LogP contribution in [-0.2, 0) is 4.74 Å². The first kappa shape index (κ1) is 33.0. The second-order valence-electron chi connectivity index (χ2n) is 9.23. The van der Waals surface area contributed by atoms with Gasteiger partial charge in [0.15, 0.2) is 0 Å². The van der Waals surface area contributed by atoms with Gasteiger partial charge in [-0.1, -0.05) is 56.3 Å². The molecule has 38 heavy (non-hydrogen) atoms. The summed E-state index contributed by atoms with van der Waals surface area (Å²) in [5.74, 6) is 1.89. The zero-order valence-corrected chi connectivity index (χ0v) is 24.7. The maximum Gasteiger partial charge on any atom is 0.409 e. The fourth-order valence-corrected chi connectivity index (χ4v) is 4.84. The molecule has 1 aromatic carbocycles. The van der Waals surface area contributed by atoms with Gasteiger partial charge < -0.3 is 20.4 Å². The molecule has 1 unspecified atom stereocenters. The summed E-state index contributed by atoms with van der Waals surface area (Å²) in [5, 5.41) is 0.760. The van der Waals surface area contributed by atoms with E-state index < -0.39 is 0 Å². The maximum atomic E-state index is 12.1. The Morgan fingerprint density at radius 1 is 1.29 bits per heavy atom. The summed E-state index contributed by atoms with van der Waals surface area (Å²) in [4.78, 5) is 20.7. The summed E-state index contributed by atoms with van der Waals surface area (Å²) in [6.07, 6.45) is 11.9. The van der Waals surface area contributed by atoms with Gasteiger partial charge in [-0.25, -0.2) is 9.78 Å². The molecule has 0 bridgehead atoms. The van der Waals surface area contributed by atoms with Crippen molar-refractivity contribution in [3.63, 3.8) is 0 Å². The highest BCUT2D eigenvalue weighted by Crippen LogP contribution is 2.41. The Morgan fingerprint density at radius 2 is 1.95 bits per heavy atom. The zero-order valence-electron chi connectivity index (χ0n) is 23.9. The lowest BCUT2D eigenvalue weighted by molar-refractivity contribution is 0.0886. The highest BCUT2D eigenvalue weighted by Gasteiger charge is 2.31. The van der Waals surface area contributed by atoms with Crippen LogP contribution in [0.25, 0.3) is 5.57 Å². The number of hydrogen-bond acceptors (Lipinski definition) is 4. The van der Waals surface area contributed by atoms with Crippen molar-refractivity contribution >= 4 is 23.3 Å². The largest absolute Gasteiger partial charge is 0.450 e. The van der Waals surface area contributed by atoms with E-state index in [1.165, 1.54) is 22.9 Å². The summed E-state index contributed by atoms with van der Waals surface area (Å²) in [6.45, 7) is 19.7. The molecule has 0 radical (unpaired) electrons. The van der Waals surface area contributed by atoms with Crippen molar-refractivity contribution < 1.29 is 9.53 Å². The van der Waals surface area contributed by atoms with Gasteiger partial charge in [0.1, 0.15) is 5.82 Å². The van der Waals surface area contributed by atoms with E-state index in [1.807, 2.05) is 24.8 Å². The average molecular weight is 543 g/mol. The number of allylic oxidation sites excluding steroid dienone is 3. The lowest BCUT2D eigenvalue weighted by Gasteiger charge is -2.37. The quantitative estimate of drug-likeness (QED) is 0.329. The lowest BCUT2D eigenvalue weighted by atomic mass is 9.74. The van der Waals surface area contributed by atoms with Crippen molar-refractivity contribution in [3.8, 4) is 0 Å². The van der Waals surface area contributed by atoms with Gasteiger partial charge in [0, 0.05) is 30.5 Å². The minimum absolute atomic E-state index is 0.184. The van der Waals surface area contributed by atoms with E-state index in [1.54, 1.807) is 12.4 Å². The minimum atomic E-state index is -0.184. The van der Waals surface area contributed by atoms with Gasteiger partial charge in [0.2, 0.25) is 0 Å². The first-order valence-corrected chi connectivity index (χ1v) is 14.0. The van der Waals surface area contributed by atoms with Crippen LogP contribution in [0.1, 0.15) is 82.7 Å². The third-order valence-electron chi connectivity index (χ3n) is 6.84. The molecule has 1 fully saturated rings. The van der Waals surface area contributed by atoms with E-state index >= 15 is 0 Å². The second kappa shape index (κ2) is 18.3. The van der Waals surface area contributed by atoms with Gasteiger partial charge in [-0.2, -0.15) is 0 Å². The Balaban J connectivity index is 0.000000680. The number of amides is 1. The van der Waals surface area contributed by atoms with E-state index in [0.29, 0.717) is 18.4 Å². The molecule has 1 aromatic heterocycles. The summed E-state index contributed by atoms with van der Waals surface area (Å²) in [5.41, 5.74) is 9.77. The number of hydrogen-bond donors (Lipinski definition) is 2. The van der Waals surface area contributed by atoms with E-state index in [2.05, 4.69) is 67.8 Å². The summed E-state index contributed by atoms with van der Waals surface area (Å²) < 4.78 is 5.19. The smallest absolute Gasteiger partial charge is 0.409 e. The molecular formula is C31H47ClN4O2. The van der Waals surface area contributed by atoms with Crippen molar-refractivity contribution in [1.82, 2.24) is 14.9 Å². The number of likely N-dealkylation sites (tertiary alicyclic amines) is 1. The predicted molar refractivity (Wildman–Crippen MR) is 161 cm³/mol. The Morgan fingerprint density at radius 3 is 2.39 bits per heavy atom. The third kappa shape index (κ3) is 10.8. The molecule has 1 amide bonds. The summed E-state index contributed by atoms with van der Waals surface area (Å²) in [7, 11) is 0. The van der Waals surface area contributed by atoms with Crippen LogP contribution in [0.5, 0.6) is 0 Å². The van der Waals surface area contributed by atoms with Crippen LogP contribution in [0.4, 0.5) is 4.79 Å². The van der Waals surface area contributed by atoms with Crippen molar-refractivity contribution in [2.24, 2.45) is 11.7 Å². The fourth-order valence-electron chi connectivity index (χ4n) is 4.67. The number of aromatic nitrogens is 2. The molecular weight excluding hydrogens is 496 g/mol. The number of carbonyl (C=O) groups excluding carboxylic acids is 1. The number of carbonyl (C=O) groups is 1. The molecule has 3 rings (SSSR count). The molecule has 0 aliphatic carbocycles. The highest BCUT2D eigenvalue weighted by atomic mass is 35.5. The average Bonchev–Trinajstić information content (AvgIpc) is 3.41. The number of imidazole rings is 1. The maximum absolute atomic E-state index is 12.1. The number of aromatic amines is 1. The monoisotopic (exact) mass is 542 g/mol. The van der Waals surface area contributed by atoms with E-state index in [-0.39, 0.29) is 6.09 Å². The number of H-pyrrole nitrogens is 1. The van der Waals surface area contributed by atoms with Crippen molar-refractivity contribution in [2.45, 2.75) is 72.6 Å². The topological polar surface area (TPSA) is 84.2 Å². The first-order valence-electron chi connectivity index (χ1n) is 13.6. The van der Waals surface area contributed by atoms with Crippen LogP contribution < -0.4 is 5.73 Å². The van der Waals surface area contributed by atoms with Gasteiger partial charge in [0.25, 0.3) is 0 Å². The van der Waals surface area contributed by atoms with Crippen molar-refractivity contribution in [3.05, 3.63) is 83.6 Å². The number of nitrogens with one attached hydrogen (secondary N) is 1. The number of rotatable bonds is 8. The molecule has 7 heteroatoms. The summed E-state index contributed by atoms with van der Waals surface area (Å²) in [6, 6.07) is 6.28. The zero-order chi connectivity index (χ0) is 28.5. The summed E-state index contributed by atoms with van der Waals surface area (Å²) >= 11 is 6.34. The number of aryl methyl sites for hydroxylation is 1. The van der Waals surface area contributed by atoms with Crippen LogP contribution >= 0.6 is 11.6 Å². The number of ether oxygens (including phenoxy) is 1. The predicted octanol–water partition coefficient (Wildman–Crippen LogP) is 8.27. The van der Waals surface area contributed by atoms with Crippen LogP contribution in [0.2, 0.25) is 5.02 Å². The van der Waals surface area contributed by atoms with Gasteiger partial charge >= 0.3 is 6.09 Å². The Bertz CT molecular complexity index is 1010. The normalized spacial score (nSPS) is 14.4. The molecule has 210 valence electrons. The van der Waals surface area contributed by atoms with Crippen LogP contribution in [0, 0.1) is 12.8 Å². The highest BCUT2D eigenvalue weighted by molar-refractivity contribution is 6.30. The minimum Gasteiger partial charge on any atom is -0.450 e. The Labute approximate surface area is 235 Å². The number of piperidine rings is 1. The molecule has 0 saturated carbocycles. The Kier molecular flexibility index (Phi) is 15.9. The molecule has 1 atom stereocenters. The second-order valence-corrected chi connectivity index (χ2v) is 9.67. The van der Waals surface area contributed by atoms with Gasteiger partial charge in [-0.3, -0.25) is 0 Å². The number of halogens is 1. The number of nitrogens with zero attached hydrogens (tertiary/aromatic N) is 2. The van der Waals surface area contributed by atoms with Gasteiger partial charge in [-0.15, -0.1) is 0 Å². The molecule has 6 nitrogen and oxygen atoms in total. The number of benzene rings is 1. The molecule has 0 spiro atoms. The third-order valence-corrected chi connectivity index (χ3v) is 7.07. The molecule has 1 aliphatic heterocycles. The van der Waals surface area contributed by atoms with E-state index in [9.17, 15) is 4.79 Å². The van der Waals surface area contributed by atoms with Crippen molar-refractivity contribution in [1.29, 1.82) is 0 Å². The fraction of sp³-hybridized carbons (Fsp3) is 0.484. The van der Waals surface area contributed by atoms with Gasteiger partial charge in [-0.05, 0) is 99.7 Å². The van der Waals surface area contributed by atoms with E-state index in [0.717, 1.165) is 61.6 Å². The van der Waals surface area contributed by atoms with Crippen LogP contribution in [0.15, 0.2) is 61.6 Å². The molecule has 3 N–H and O–H groups in total. The van der Waals surface area contributed by atoms with Gasteiger partial charge in [0.05, 0.1) is 6.61 Å². The van der Waals surface area contributed by atoms with Crippen LogP contribution in [0.3, 0.4) is 0 Å². The number of nitrogens with two attached hydrogens (primary N) is 1. The molecule has 2 aromatic rings. The lowest BCUT2D eigenvalue weighted by Crippen LogP contribution is -2.40. The van der Waals surface area contributed by atoms with Crippen molar-refractivity contribution in [2.75, 3.05) is 19.7 Å². The SMILES string of the molecule is C=C(CC)c1cc(Cl)ccc1C(C/C(=C\C)CC)C1CCN(C(=O)OCC)CC1.C=CN.Cc1ncc[nH]1. The standard InChI is InChI=1S/C25H36ClNO2.C4H6N2.C2H5N/c1-6-18(5)23-17-21(26)10-11-22(23)24(16-19(7-2)8-3)20-12-14-27(15-13-20)25(28)29-9-4;1-4-5-2-3-6-4;1-2-3/h7,10-11,17,20,24H,5-6,8-9,12-16H2,1-4H3;2-3H,1H3,(H,5,6);2H,1,3H2/b19-7-;;. The molecule has 1 saturated heterocycles. The Hall–Kier alpha value is -2.99. The van der Waals surface area contributed by atoms with E-state index in [4.69, 9.17) is 16.3 Å². The molecule has 1 aliphatic rings. The first-order chi connectivity index (χ1) is 18.3. The molecule has 2 heterocycles. The van der Waals surface area contributed by atoms with Crippen LogP contribution in [-0.4, -0.2) is 40.7 Å².